The Bertz CT molecular complexity index is 361. The molecule has 1 aromatic heterocycles. The van der Waals surface area contributed by atoms with E-state index in [4.69, 9.17) is 5.11 Å². The van der Waals surface area contributed by atoms with E-state index in [1.54, 1.807) is 0 Å². The molecule has 1 heterocycles. The van der Waals surface area contributed by atoms with Crippen LogP contribution in [0.5, 0.6) is 0 Å². The van der Waals surface area contributed by atoms with Gasteiger partial charge in [-0.3, -0.25) is 9.59 Å². The summed E-state index contributed by atoms with van der Waals surface area (Å²) >= 11 is 0. The molecule has 6 heteroatoms. The molecule has 0 spiro atoms. The first kappa shape index (κ1) is 12.2. The molecule has 1 amide bonds. The van der Waals surface area contributed by atoms with E-state index < -0.39 is 5.97 Å². The number of amides is 1. The second-order valence-electron chi connectivity index (χ2n) is 3.55. The minimum atomic E-state index is -1.02. The van der Waals surface area contributed by atoms with Gasteiger partial charge in [-0.25, -0.2) is 4.98 Å². The van der Waals surface area contributed by atoms with Crippen LogP contribution in [0.3, 0.4) is 0 Å². The van der Waals surface area contributed by atoms with Crippen molar-refractivity contribution in [3.05, 3.63) is 18.2 Å². The number of carbonyl (C=O) groups is 2. The van der Waals surface area contributed by atoms with E-state index in [2.05, 4.69) is 9.97 Å². The summed E-state index contributed by atoms with van der Waals surface area (Å²) in [6, 6.07) is -0.119. The van der Waals surface area contributed by atoms with Gasteiger partial charge in [0.15, 0.2) is 0 Å². The lowest BCUT2D eigenvalue weighted by Gasteiger charge is -2.26. The first-order valence-electron chi connectivity index (χ1n) is 5.07. The van der Waals surface area contributed by atoms with Crippen LogP contribution in [0, 0.1) is 0 Å². The largest absolute Gasteiger partial charge is 0.480 e. The fraction of sp³-hybridized carbons (Fsp3) is 0.500. The molecule has 1 aromatic rings. The van der Waals surface area contributed by atoms with Crippen LogP contribution in [0.25, 0.3) is 0 Å². The minimum Gasteiger partial charge on any atom is -0.480 e. The molecular weight excluding hydrogens is 210 g/mol. The molecule has 6 nitrogen and oxygen atoms in total. The summed E-state index contributed by atoms with van der Waals surface area (Å²) < 4.78 is 0. The third-order valence-corrected chi connectivity index (χ3v) is 2.42. The highest BCUT2D eigenvalue weighted by Crippen LogP contribution is 2.08. The van der Waals surface area contributed by atoms with Crippen LogP contribution in [0.2, 0.25) is 0 Å². The van der Waals surface area contributed by atoms with Crippen molar-refractivity contribution in [2.45, 2.75) is 26.3 Å². The Morgan fingerprint density at radius 1 is 1.62 bits per heavy atom. The number of hydrogen-bond acceptors (Lipinski definition) is 3. The van der Waals surface area contributed by atoms with Gasteiger partial charge in [0, 0.05) is 6.04 Å². The summed E-state index contributed by atoms with van der Waals surface area (Å²) in [5, 5.41) is 8.75. The molecule has 0 aliphatic rings. The lowest BCUT2D eigenvalue weighted by atomic mass is 10.2. The molecule has 0 saturated carbocycles. The van der Waals surface area contributed by atoms with Crippen molar-refractivity contribution in [2.24, 2.45) is 0 Å². The van der Waals surface area contributed by atoms with Crippen molar-refractivity contribution in [3.8, 4) is 0 Å². The Kier molecular flexibility index (Phi) is 4.04. The molecule has 1 rings (SSSR count). The van der Waals surface area contributed by atoms with E-state index in [-0.39, 0.29) is 18.5 Å². The van der Waals surface area contributed by atoms with E-state index in [0.29, 0.717) is 12.1 Å². The number of aromatic amines is 1. The number of imidazole rings is 1. The van der Waals surface area contributed by atoms with Crippen LogP contribution < -0.4 is 0 Å². The van der Waals surface area contributed by atoms with Crippen molar-refractivity contribution < 1.29 is 14.7 Å². The van der Waals surface area contributed by atoms with Crippen LogP contribution in [0.1, 0.15) is 30.8 Å². The quantitative estimate of drug-likeness (QED) is 0.773. The highest BCUT2D eigenvalue weighted by Gasteiger charge is 2.23. The van der Waals surface area contributed by atoms with Crippen LogP contribution in [-0.2, 0) is 4.79 Å². The zero-order valence-corrected chi connectivity index (χ0v) is 9.30. The SMILES string of the molecule is CCC(C)N(CC(=O)O)C(=O)c1cnc[nH]1. The number of carboxylic acid groups (broad SMARTS) is 1. The molecule has 1 unspecified atom stereocenters. The van der Waals surface area contributed by atoms with Crippen molar-refractivity contribution >= 4 is 11.9 Å². The lowest BCUT2D eigenvalue weighted by Crippen LogP contribution is -2.42. The molecule has 0 bridgehead atoms. The summed E-state index contributed by atoms with van der Waals surface area (Å²) in [5.74, 6) is -1.36. The van der Waals surface area contributed by atoms with Crippen molar-refractivity contribution in [2.75, 3.05) is 6.54 Å². The van der Waals surface area contributed by atoms with E-state index in [1.165, 1.54) is 17.4 Å². The van der Waals surface area contributed by atoms with E-state index in [9.17, 15) is 9.59 Å². The lowest BCUT2D eigenvalue weighted by molar-refractivity contribution is -0.138. The number of carboxylic acids is 1. The summed E-state index contributed by atoms with van der Waals surface area (Å²) in [5.41, 5.74) is 0.307. The zero-order chi connectivity index (χ0) is 12.1. The van der Waals surface area contributed by atoms with E-state index >= 15 is 0 Å². The number of hydrogen-bond donors (Lipinski definition) is 2. The fourth-order valence-electron chi connectivity index (χ4n) is 1.32. The van der Waals surface area contributed by atoms with Crippen molar-refractivity contribution in [1.82, 2.24) is 14.9 Å². The standard InChI is InChI=1S/C10H15N3O3/c1-3-7(2)13(5-9(14)15)10(16)8-4-11-6-12-8/h4,6-7H,3,5H2,1-2H3,(H,11,12)(H,14,15). The molecule has 0 aliphatic heterocycles. The fourth-order valence-corrected chi connectivity index (χ4v) is 1.32. The average molecular weight is 225 g/mol. The van der Waals surface area contributed by atoms with Gasteiger partial charge in [-0.2, -0.15) is 0 Å². The number of aliphatic carboxylic acids is 1. The Morgan fingerprint density at radius 3 is 2.75 bits per heavy atom. The Balaban J connectivity index is 2.84. The Morgan fingerprint density at radius 2 is 2.31 bits per heavy atom. The zero-order valence-electron chi connectivity index (χ0n) is 9.30. The van der Waals surface area contributed by atoms with Crippen molar-refractivity contribution in [1.29, 1.82) is 0 Å². The minimum absolute atomic E-state index is 0.119. The maximum atomic E-state index is 11.9. The second kappa shape index (κ2) is 5.29. The predicted molar refractivity (Wildman–Crippen MR) is 57.0 cm³/mol. The van der Waals surface area contributed by atoms with Gasteiger partial charge < -0.3 is 15.0 Å². The van der Waals surface area contributed by atoms with Gasteiger partial charge in [0.2, 0.25) is 0 Å². The number of H-pyrrole nitrogens is 1. The maximum Gasteiger partial charge on any atom is 0.323 e. The molecule has 0 aromatic carbocycles. The molecular formula is C10H15N3O3. The molecule has 16 heavy (non-hydrogen) atoms. The second-order valence-corrected chi connectivity index (χ2v) is 3.55. The maximum absolute atomic E-state index is 11.9. The predicted octanol–water partition coefficient (Wildman–Crippen LogP) is 0.735. The number of rotatable bonds is 5. The van der Waals surface area contributed by atoms with Crippen LogP contribution in [0.15, 0.2) is 12.5 Å². The van der Waals surface area contributed by atoms with Gasteiger partial charge >= 0.3 is 5.97 Å². The highest BCUT2D eigenvalue weighted by molar-refractivity contribution is 5.94. The topological polar surface area (TPSA) is 86.3 Å². The molecule has 0 fully saturated rings. The van der Waals surface area contributed by atoms with Crippen LogP contribution in [0.4, 0.5) is 0 Å². The Labute approximate surface area is 93.3 Å². The van der Waals surface area contributed by atoms with Gasteiger partial charge in [0.1, 0.15) is 12.2 Å². The summed E-state index contributed by atoms with van der Waals surface area (Å²) in [6.45, 7) is 3.42. The first-order valence-corrected chi connectivity index (χ1v) is 5.07. The normalized spacial score (nSPS) is 12.1. The summed E-state index contributed by atoms with van der Waals surface area (Å²) in [6.07, 6.45) is 3.48. The summed E-state index contributed by atoms with van der Waals surface area (Å²) in [4.78, 5) is 30.3. The monoisotopic (exact) mass is 225 g/mol. The molecule has 2 N–H and O–H groups in total. The van der Waals surface area contributed by atoms with Gasteiger partial charge in [0.25, 0.3) is 5.91 Å². The molecule has 0 radical (unpaired) electrons. The highest BCUT2D eigenvalue weighted by atomic mass is 16.4. The van der Waals surface area contributed by atoms with Gasteiger partial charge in [-0.05, 0) is 13.3 Å². The first-order chi connectivity index (χ1) is 7.56. The molecule has 1 atom stereocenters. The summed E-state index contributed by atoms with van der Waals surface area (Å²) in [7, 11) is 0. The molecule has 0 aliphatic carbocycles. The van der Waals surface area contributed by atoms with Gasteiger partial charge in [0.05, 0.1) is 12.5 Å². The van der Waals surface area contributed by atoms with Crippen LogP contribution in [-0.4, -0.2) is 44.4 Å². The third-order valence-electron chi connectivity index (χ3n) is 2.42. The third kappa shape index (κ3) is 2.82. The number of carbonyl (C=O) groups excluding carboxylic acids is 1. The van der Waals surface area contributed by atoms with E-state index in [1.807, 2.05) is 13.8 Å². The Hall–Kier alpha value is -1.85. The van der Waals surface area contributed by atoms with Crippen molar-refractivity contribution in [3.63, 3.8) is 0 Å². The molecule has 88 valence electrons. The molecule has 0 saturated heterocycles. The smallest absolute Gasteiger partial charge is 0.323 e. The average Bonchev–Trinajstić information content (AvgIpc) is 2.77. The number of nitrogens with one attached hydrogen (secondary N) is 1. The van der Waals surface area contributed by atoms with Gasteiger partial charge in [-0.1, -0.05) is 6.92 Å². The van der Waals surface area contributed by atoms with Gasteiger partial charge in [-0.15, -0.1) is 0 Å². The van der Waals surface area contributed by atoms with Crippen LogP contribution >= 0.6 is 0 Å². The number of aromatic nitrogens is 2. The number of nitrogens with zero attached hydrogens (tertiary/aromatic N) is 2. The van der Waals surface area contributed by atoms with E-state index in [0.717, 1.165) is 0 Å².